The Bertz CT molecular complexity index is 259. The Morgan fingerprint density at radius 3 is 1.67 bits per heavy atom. The molecule has 0 bridgehead atoms. The fraction of sp³-hybridized carbons (Fsp3) is 0.500. The molecule has 0 N–H and O–H groups in total. The van der Waals surface area contributed by atoms with Crippen LogP contribution >= 0.6 is 0 Å². The Morgan fingerprint density at radius 2 is 1.33 bits per heavy atom. The third kappa shape index (κ3) is 6.02. The zero-order valence-electron chi connectivity index (χ0n) is 10.5. The predicted molar refractivity (Wildman–Crippen MR) is 60.1 cm³/mol. The summed E-state index contributed by atoms with van der Waals surface area (Å²) in [6, 6.07) is 9.54. The van der Waals surface area contributed by atoms with Gasteiger partial charge in [-0.05, 0) is 41.3 Å². The van der Waals surface area contributed by atoms with E-state index in [1.165, 1.54) is 11.1 Å². The van der Waals surface area contributed by atoms with Crippen LogP contribution in [0.15, 0.2) is 18.2 Å². The molecule has 0 saturated heterocycles. The third-order valence-electron chi connectivity index (χ3n) is 1.91. The van der Waals surface area contributed by atoms with Gasteiger partial charge in [0.15, 0.2) is 0 Å². The van der Waals surface area contributed by atoms with Crippen molar-refractivity contribution in [3.05, 3.63) is 35.4 Å². The van der Waals surface area contributed by atoms with Crippen molar-refractivity contribution in [3.8, 4) is 0 Å². The van der Waals surface area contributed by atoms with Crippen LogP contribution in [0.1, 0.15) is 11.1 Å². The normalized spacial score (nSPS) is 10.5. The van der Waals surface area contributed by atoms with Crippen molar-refractivity contribution in [2.24, 2.45) is 0 Å². The van der Waals surface area contributed by atoms with Gasteiger partial charge in [-0.1, -0.05) is 0 Å². The first-order chi connectivity index (χ1) is 6.58. The van der Waals surface area contributed by atoms with Gasteiger partial charge in [0.2, 0.25) is 0 Å². The molecule has 0 unspecified atom stereocenters. The summed E-state index contributed by atoms with van der Waals surface area (Å²) in [7, 11) is 8.33. The molecule has 78 valence electrons. The summed E-state index contributed by atoms with van der Waals surface area (Å²) in [5.74, 6) is 0. The van der Waals surface area contributed by atoms with Crippen LogP contribution in [-0.4, -0.2) is 38.0 Å². The topological polar surface area (TPSA) is 6.48 Å². The molecule has 3 heteroatoms. The van der Waals surface area contributed by atoms with E-state index in [1.807, 2.05) is 0 Å². The average Bonchev–Trinajstić information content (AvgIpc) is 2.01. The molecule has 0 fully saturated rings. The van der Waals surface area contributed by atoms with E-state index in [-0.39, 0.29) is 18.9 Å². The van der Waals surface area contributed by atoms with Crippen molar-refractivity contribution in [2.45, 2.75) is 13.1 Å². The van der Waals surface area contributed by atoms with Gasteiger partial charge in [0.05, 0.1) is 0 Å². The van der Waals surface area contributed by atoms with Gasteiger partial charge in [0, 0.05) is 0 Å². The predicted octanol–water partition coefficient (Wildman–Crippen LogP) is -1.39. The van der Waals surface area contributed by atoms with E-state index in [4.69, 9.17) is 0 Å². The summed E-state index contributed by atoms with van der Waals surface area (Å²) < 4.78 is 0. The van der Waals surface area contributed by atoms with Crippen LogP contribution in [0.3, 0.4) is 0 Å². The Balaban J connectivity index is 0.00000196. The SMILES string of the molecule is CN(C)Cc1c[c-]cc(CN(C)C)c1.[Li+]. The largest absolute Gasteiger partial charge is 1.00 e. The van der Waals surface area contributed by atoms with Gasteiger partial charge in [-0.3, -0.25) is 0 Å². The Labute approximate surface area is 105 Å². The summed E-state index contributed by atoms with van der Waals surface area (Å²) in [5, 5.41) is 0. The Morgan fingerprint density at radius 1 is 0.933 bits per heavy atom. The summed E-state index contributed by atoms with van der Waals surface area (Å²) in [6.07, 6.45) is 0. The molecule has 0 aromatic heterocycles. The fourth-order valence-corrected chi connectivity index (χ4v) is 1.49. The minimum absolute atomic E-state index is 0. The third-order valence-corrected chi connectivity index (χ3v) is 1.91. The monoisotopic (exact) mass is 198 g/mol. The molecule has 0 heterocycles. The van der Waals surface area contributed by atoms with Crippen LogP contribution in [0.5, 0.6) is 0 Å². The van der Waals surface area contributed by atoms with Gasteiger partial charge in [0.1, 0.15) is 0 Å². The van der Waals surface area contributed by atoms with Gasteiger partial charge >= 0.3 is 18.9 Å². The smallest absolute Gasteiger partial charge is 0.316 e. The molecule has 0 saturated carbocycles. The Kier molecular flexibility index (Phi) is 6.96. The molecule has 15 heavy (non-hydrogen) atoms. The molecule has 0 aliphatic carbocycles. The van der Waals surface area contributed by atoms with Crippen LogP contribution in [0.25, 0.3) is 0 Å². The van der Waals surface area contributed by atoms with Crippen LogP contribution in [0.4, 0.5) is 0 Å². The van der Waals surface area contributed by atoms with Gasteiger partial charge in [-0.25, -0.2) is 0 Å². The van der Waals surface area contributed by atoms with E-state index < -0.39 is 0 Å². The maximum absolute atomic E-state index is 3.19. The number of rotatable bonds is 4. The number of hydrogen-bond donors (Lipinski definition) is 0. The van der Waals surface area contributed by atoms with Crippen molar-refractivity contribution in [3.63, 3.8) is 0 Å². The first-order valence-electron chi connectivity index (χ1n) is 4.86. The van der Waals surface area contributed by atoms with E-state index in [9.17, 15) is 0 Å². The van der Waals surface area contributed by atoms with Crippen molar-refractivity contribution in [2.75, 3.05) is 28.2 Å². The first-order valence-corrected chi connectivity index (χ1v) is 4.86. The van der Waals surface area contributed by atoms with Crippen LogP contribution < -0.4 is 18.9 Å². The van der Waals surface area contributed by atoms with E-state index in [0.29, 0.717) is 0 Å². The van der Waals surface area contributed by atoms with Crippen LogP contribution in [0, 0.1) is 6.07 Å². The molecule has 1 rings (SSSR count). The van der Waals surface area contributed by atoms with Gasteiger partial charge < -0.3 is 9.80 Å². The van der Waals surface area contributed by atoms with E-state index in [2.05, 4.69) is 62.3 Å². The summed E-state index contributed by atoms with van der Waals surface area (Å²) in [6.45, 7) is 1.97. The second-order valence-electron chi connectivity index (χ2n) is 4.23. The molecular formula is C12H19LiN2. The van der Waals surface area contributed by atoms with E-state index in [0.717, 1.165) is 13.1 Å². The standard InChI is InChI=1S/C12H19N2.Li/c1-13(2)9-11-6-5-7-12(8-11)10-14(3)4;/h6-8H,9-10H2,1-4H3;/q-1;+1. The number of benzene rings is 1. The van der Waals surface area contributed by atoms with Crippen molar-refractivity contribution < 1.29 is 18.9 Å². The van der Waals surface area contributed by atoms with Crippen molar-refractivity contribution >= 4 is 0 Å². The maximum Gasteiger partial charge on any atom is 1.00 e. The minimum atomic E-state index is 0. The second-order valence-corrected chi connectivity index (χ2v) is 4.23. The Hall–Kier alpha value is -0.263. The molecule has 0 atom stereocenters. The van der Waals surface area contributed by atoms with Gasteiger partial charge in [-0.15, -0.1) is 11.1 Å². The van der Waals surface area contributed by atoms with Crippen molar-refractivity contribution in [1.82, 2.24) is 9.80 Å². The molecule has 0 amide bonds. The molecule has 2 nitrogen and oxygen atoms in total. The van der Waals surface area contributed by atoms with Gasteiger partial charge in [-0.2, -0.15) is 24.3 Å². The molecular weight excluding hydrogens is 179 g/mol. The van der Waals surface area contributed by atoms with Crippen LogP contribution in [0.2, 0.25) is 0 Å². The summed E-state index contributed by atoms with van der Waals surface area (Å²) in [5.41, 5.74) is 2.66. The maximum atomic E-state index is 3.19. The van der Waals surface area contributed by atoms with Gasteiger partial charge in [0.25, 0.3) is 0 Å². The molecule has 0 aliphatic rings. The van der Waals surface area contributed by atoms with E-state index in [1.54, 1.807) is 0 Å². The van der Waals surface area contributed by atoms with Crippen molar-refractivity contribution in [1.29, 1.82) is 0 Å². The van der Waals surface area contributed by atoms with Crippen LogP contribution in [-0.2, 0) is 13.1 Å². The average molecular weight is 198 g/mol. The summed E-state index contributed by atoms with van der Waals surface area (Å²) in [4.78, 5) is 4.34. The zero-order valence-corrected chi connectivity index (χ0v) is 10.5. The second kappa shape index (κ2) is 7.08. The molecule has 0 radical (unpaired) electrons. The first kappa shape index (κ1) is 14.7. The molecule has 0 aliphatic heterocycles. The summed E-state index contributed by atoms with van der Waals surface area (Å²) >= 11 is 0. The zero-order chi connectivity index (χ0) is 10.6. The molecule has 0 spiro atoms. The van der Waals surface area contributed by atoms with E-state index >= 15 is 0 Å². The number of hydrogen-bond acceptors (Lipinski definition) is 2. The quantitative estimate of drug-likeness (QED) is 0.434. The molecule has 1 aromatic rings. The molecule has 1 aromatic carbocycles. The number of nitrogens with zero attached hydrogens (tertiary/aromatic N) is 2. The fourth-order valence-electron chi connectivity index (χ4n) is 1.49. The minimum Gasteiger partial charge on any atom is -0.316 e.